The van der Waals surface area contributed by atoms with Crippen molar-refractivity contribution in [2.45, 2.75) is 38.1 Å². The van der Waals surface area contributed by atoms with Crippen molar-refractivity contribution in [3.8, 4) is 11.1 Å². The molecule has 5 rings (SSSR count). The number of pyridine rings is 1. The topological polar surface area (TPSA) is 47.2 Å². The number of nitrogens with zero attached hydrogens (tertiary/aromatic N) is 4. The number of hydrogen-bond acceptors (Lipinski definition) is 3. The van der Waals surface area contributed by atoms with E-state index in [0.29, 0.717) is 22.0 Å². The number of benzene rings is 1. The second-order valence-corrected chi connectivity index (χ2v) is 7.56. The second kappa shape index (κ2) is 8.29. The van der Waals surface area contributed by atoms with Gasteiger partial charge in [-0.15, -0.1) is 0 Å². The highest BCUT2D eigenvalue weighted by Gasteiger charge is 2.12. The van der Waals surface area contributed by atoms with E-state index in [2.05, 4.69) is 22.4 Å². The van der Waals surface area contributed by atoms with Crippen LogP contribution in [0.15, 0.2) is 43.0 Å². The lowest BCUT2D eigenvalue weighted by Crippen LogP contribution is -2.26. The second-order valence-electron chi connectivity index (χ2n) is 7.56. The summed E-state index contributed by atoms with van der Waals surface area (Å²) in [4.78, 5) is 3.92. The summed E-state index contributed by atoms with van der Waals surface area (Å²) in [5.74, 6) is -0.863. The van der Waals surface area contributed by atoms with Gasteiger partial charge >= 0.3 is 0 Å². The van der Waals surface area contributed by atoms with E-state index < -0.39 is 11.6 Å². The van der Waals surface area contributed by atoms with Crippen molar-refractivity contribution in [3.63, 3.8) is 0 Å². The molecule has 0 amide bonds. The SMILES string of the molecule is CNC1CCCCC1.Cn1cc2cc(-c3cc(F)c4nccn4c3)cc(F)c2n1. The number of nitrogens with one attached hydrogen (secondary N) is 1. The van der Waals surface area contributed by atoms with Gasteiger partial charge in [0.1, 0.15) is 5.52 Å². The van der Waals surface area contributed by atoms with E-state index in [9.17, 15) is 8.78 Å². The van der Waals surface area contributed by atoms with Crippen LogP contribution >= 0.6 is 0 Å². The van der Waals surface area contributed by atoms with Crippen molar-refractivity contribution in [3.05, 3.63) is 54.6 Å². The van der Waals surface area contributed by atoms with Crippen molar-refractivity contribution in [2.75, 3.05) is 7.05 Å². The molecule has 1 aliphatic rings. The van der Waals surface area contributed by atoms with Gasteiger partial charge < -0.3 is 9.72 Å². The molecule has 0 aliphatic heterocycles. The van der Waals surface area contributed by atoms with E-state index in [-0.39, 0.29) is 5.65 Å². The maximum absolute atomic E-state index is 14.1. The summed E-state index contributed by atoms with van der Waals surface area (Å²) in [6.07, 6.45) is 13.8. The van der Waals surface area contributed by atoms with Crippen LogP contribution in [0.25, 0.3) is 27.7 Å². The predicted octanol–water partition coefficient (Wildman–Crippen LogP) is 4.70. The molecule has 0 atom stereocenters. The fraction of sp³-hybridized carbons (Fsp3) is 0.364. The summed E-state index contributed by atoms with van der Waals surface area (Å²) in [5, 5.41) is 8.04. The van der Waals surface area contributed by atoms with Gasteiger partial charge in [-0.25, -0.2) is 13.8 Å². The van der Waals surface area contributed by atoms with E-state index in [1.165, 1.54) is 50.4 Å². The number of fused-ring (bicyclic) bond motifs is 2. The molecule has 152 valence electrons. The Balaban J connectivity index is 0.000000216. The van der Waals surface area contributed by atoms with E-state index >= 15 is 0 Å². The molecule has 7 heteroatoms. The average Bonchev–Trinajstić information content (AvgIpc) is 3.35. The van der Waals surface area contributed by atoms with Gasteiger partial charge in [0, 0.05) is 48.8 Å². The lowest BCUT2D eigenvalue weighted by Gasteiger charge is -2.20. The number of aromatic nitrogens is 4. The fourth-order valence-electron chi connectivity index (χ4n) is 3.92. The van der Waals surface area contributed by atoms with Crippen LogP contribution in [-0.4, -0.2) is 32.3 Å². The summed E-state index contributed by atoms with van der Waals surface area (Å²) >= 11 is 0. The molecular formula is C22H25F2N5. The van der Waals surface area contributed by atoms with Crippen LogP contribution in [0.1, 0.15) is 32.1 Å². The molecule has 1 aliphatic carbocycles. The molecule has 0 radical (unpaired) electrons. The maximum atomic E-state index is 14.1. The summed E-state index contributed by atoms with van der Waals surface area (Å²) in [5.41, 5.74) is 1.75. The summed E-state index contributed by atoms with van der Waals surface area (Å²) in [7, 11) is 3.80. The Morgan fingerprint density at radius 2 is 1.76 bits per heavy atom. The van der Waals surface area contributed by atoms with Gasteiger partial charge in [-0.05, 0) is 43.7 Å². The maximum Gasteiger partial charge on any atom is 0.173 e. The minimum absolute atomic E-state index is 0.252. The third-order valence-corrected chi connectivity index (χ3v) is 5.47. The largest absolute Gasteiger partial charge is 0.317 e. The molecule has 4 aromatic rings. The van der Waals surface area contributed by atoms with Crippen LogP contribution in [0.3, 0.4) is 0 Å². The third-order valence-electron chi connectivity index (χ3n) is 5.47. The number of halogens is 2. The smallest absolute Gasteiger partial charge is 0.173 e. The quantitative estimate of drug-likeness (QED) is 0.533. The van der Waals surface area contributed by atoms with E-state index in [0.717, 1.165) is 6.04 Å². The molecule has 0 bridgehead atoms. The normalized spacial score (nSPS) is 14.9. The molecule has 1 N–H and O–H groups in total. The Hall–Kier alpha value is -2.80. The first kappa shape index (κ1) is 19.5. The van der Waals surface area contributed by atoms with Gasteiger partial charge in [-0.2, -0.15) is 5.10 Å². The third kappa shape index (κ3) is 4.15. The van der Waals surface area contributed by atoms with E-state index in [1.54, 1.807) is 40.8 Å². The Bertz CT molecular complexity index is 1130. The molecule has 3 aromatic heterocycles. The van der Waals surface area contributed by atoms with Crippen LogP contribution in [0.2, 0.25) is 0 Å². The Labute approximate surface area is 168 Å². The highest BCUT2D eigenvalue weighted by molar-refractivity contribution is 5.84. The first-order chi connectivity index (χ1) is 14.0. The zero-order valence-corrected chi connectivity index (χ0v) is 16.7. The van der Waals surface area contributed by atoms with Gasteiger partial charge in [0.15, 0.2) is 17.3 Å². The zero-order chi connectivity index (χ0) is 20.4. The van der Waals surface area contributed by atoms with Crippen LogP contribution in [-0.2, 0) is 7.05 Å². The van der Waals surface area contributed by atoms with Crippen LogP contribution in [0.5, 0.6) is 0 Å². The summed E-state index contributed by atoms with van der Waals surface area (Å²) in [6, 6.07) is 5.36. The van der Waals surface area contributed by atoms with Crippen LogP contribution < -0.4 is 5.32 Å². The van der Waals surface area contributed by atoms with Crippen molar-refractivity contribution in [2.24, 2.45) is 7.05 Å². The molecule has 5 nitrogen and oxygen atoms in total. The summed E-state index contributed by atoms with van der Waals surface area (Å²) < 4.78 is 31.2. The van der Waals surface area contributed by atoms with Crippen LogP contribution in [0, 0.1) is 11.6 Å². The van der Waals surface area contributed by atoms with Crippen molar-refractivity contribution >= 4 is 16.6 Å². The summed E-state index contributed by atoms with van der Waals surface area (Å²) in [6.45, 7) is 0. The Morgan fingerprint density at radius 3 is 2.48 bits per heavy atom. The average molecular weight is 397 g/mol. The molecule has 0 spiro atoms. The van der Waals surface area contributed by atoms with Gasteiger partial charge in [-0.3, -0.25) is 4.68 Å². The van der Waals surface area contributed by atoms with Crippen molar-refractivity contribution in [1.29, 1.82) is 0 Å². The van der Waals surface area contributed by atoms with E-state index in [1.807, 2.05) is 0 Å². The zero-order valence-electron chi connectivity index (χ0n) is 16.7. The number of imidazole rings is 1. The predicted molar refractivity (Wildman–Crippen MR) is 111 cm³/mol. The highest BCUT2D eigenvalue weighted by atomic mass is 19.1. The molecule has 1 fully saturated rings. The first-order valence-corrected chi connectivity index (χ1v) is 9.98. The molecule has 29 heavy (non-hydrogen) atoms. The van der Waals surface area contributed by atoms with Gasteiger partial charge in [-0.1, -0.05) is 19.3 Å². The number of hydrogen-bond donors (Lipinski definition) is 1. The minimum Gasteiger partial charge on any atom is -0.317 e. The van der Waals surface area contributed by atoms with Gasteiger partial charge in [0.25, 0.3) is 0 Å². The number of aryl methyl sites for hydroxylation is 1. The van der Waals surface area contributed by atoms with E-state index in [4.69, 9.17) is 0 Å². The molecule has 0 unspecified atom stereocenters. The fourth-order valence-corrected chi connectivity index (χ4v) is 3.92. The monoisotopic (exact) mass is 397 g/mol. The lowest BCUT2D eigenvalue weighted by molar-refractivity contribution is 0.394. The number of rotatable bonds is 2. The van der Waals surface area contributed by atoms with Crippen molar-refractivity contribution in [1.82, 2.24) is 24.5 Å². The molecular weight excluding hydrogens is 372 g/mol. The highest BCUT2D eigenvalue weighted by Crippen LogP contribution is 2.27. The molecule has 3 heterocycles. The Morgan fingerprint density at radius 1 is 1.00 bits per heavy atom. The standard InChI is InChI=1S/C15H10F2N4.C7H15N/c1-20-7-11-4-9(5-12(16)14(11)19-20)10-6-13(17)15-18-2-3-21(15)8-10;1-8-7-5-3-2-4-6-7/h2-8H,1H3;7-8H,2-6H2,1H3. The first-order valence-electron chi connectivity index (χ1n) is 9.98. The minimum atomic E-state index is -0.441. The Kier molecular flexibility index (Phi) is 5.58. The molecule has 1 aromatic carbocycles. The van der Waals surface area contributed by atoms with Gasteiger partial charge in [0.05, 0.1) is 0 Å². The molecule has 1 saturated carbocycles. The van der Waals surface area contributed by atoms with Gasteiger partial charge in [0.2, 0.25) is 0 Å². The lowest BCUT2D eigenvalue weighted by atomic mass is 9.96. The van der Waals surface area contributed by atoms with Crippen molar-refractivity contribution < 1.29 is 8.78 Å². The molecule has 0 saturated heterocycles. The van der Waals surface area contributed by atoms with Crippen LogP contribution in [0.4, 0.5) is 8.78 Å².